The quantitative estimate of drug-likeness (QED) is 0.160. The van der Waals surface area contributed by atoms with Gasteiger partial charge in [-0.1, -0.05) is 6.92 Å². The molecule has 0 aromatic heterocycles. The maximum Gasteiger partial charge on any atom is 0.279 e. The van der Waals surface area contributed by atoms with Crippen molar-refractivity contribution in [2.24, 2.45) is 11.7 Å². The van der Waals surface area contributed by atoms with Gasteiger partial charge in [0.25, 0.3) is 17.8 Å². The SMILES string of the molecule is CC(=O)N(CCO)c1c(I)c(C(N)=O)c(I)c(C(=O)NCC(C)C(O)(O)O)c1I. The minimum Gasteiger partial charge on any atom is -0.395 e. The summed E-state index contributed by atoms with van der Waals surface area (Å²) in [6.07, 6.45) is 0. The number of aliphatic hydroxyl groups excluding tert-OH is 1. The highest BCUT2D eigenvalue weighted by molar-refractivity contribution is 14.1. The molecule has 1 aromatic carbocycles. The second-order valence-electron chi connectivity index (χ2n) is 6.10. The molecule has 0 bridgehead atoms. The van der Waals surface area contributed by atoms with Gasteiger partial charge < -0.3 is 36.4 Å². The van der Waals surface area contributed by atoms with Gasteiger partial charge in [-0.05, 0) is 67.8 Å². The van der Waals surface area contributed by atoms with E-state index in [0.29, 0.717) is 7.14 Å². The zero-order valence-corrected chi connectivity index (χ0v) is 21.8. The summed E-state index contributed by atoms with van der Waals surface area (Å²) < 4.78 is 0.963. The van der Waals surface area contributed by atoms with Gasteiger partial charge in [-0.15, -0.1) is 0 Å². The molecule has 0 heterocycles. The topological polar surface area (TPSA) is 173 Å². The summed E-state index contributed by atoms with van der Waals surface area (Å²) in [6.45, 7) is 1.92. The first kappa shape index (κ1) is 26.7. The van der Waals surface area contributed by atoms with Crippen LogP contribution in [0.2, 0.25) is 0 Å². The summed E-state index contributed by atoms with van der Waals surface area (Å²) in [5, 5.41) is 39.4. The third-order valence-electron chi connectivity index (χ3n) is 3.97. The van der Waals surface area contributed by atoms with E-state index in [1.165, 1.54) is 18.7 Å². The Morgan fingerprint density at radius 1 is 1.10 bits per heavy atom. The van der Waals surface area contributed by atoms with E-state index in [1.807, 2.05) is 45.2 Å². The molecule has 0 aliphatic rings. The number of carbonyl (C=O) groups is 3. The molecule has 29 heavy (non-hydrogen) atoms. The standard InChI is InChI=1S/C16H20I3N3O7/c1-6(16(27,28)29)5-21-15(26)9-10(17)8(14(20)25)11(18)13(12(9)19)22(3-4-23)7(2)24/h6,23,27-29H,3-5H2,1-2H3,(H2,20,25)(H,21,26). The zero-order chi connectivity index (χ0) is 22.7. The van der Waals surface area contributed by atoms with Gasteiger partial charge in [-0.3, -0.25) is 14.4 Å². The van der Waals surface area contributed by atoms with Crippen molar-refractivity contribution >= 4 is 91.2 Å². The Morgan fingerprint density at radius 3 is 2.03 bits per heavy atom. The fraction of sp³-hybridized carbons (Fsp3) is 0.438. The van der Waals surface area contributed by atoms with Crippen LogP contribution in [0, 0.1) is 16.6 Å². The number of nitrogens with two attached hydrogens (primary N) is 1. The molecule has 1 unspecified atom stereocenters. The first-order chi connectivity index (χ1) is 13.3. The van der Waals surface area contributed by atoms with Crippen molar-refractivity contribution in [2.75, 3.05) is 24.6 Å². The number of halogens is 3. The van der Waals surface area contributed by atoms with Crippen molar-refractivity contribution in [1.82, 2.24) is 5.32 Å². The Morgan fingerprint density at radius 2 is 1.62 bits per heavy atom. The van der Waals surface area contributed by atoms with E-state index >= 15 is 0 Å². The van der Waals surface area contributed by atoms with Crippen LogP contribution >= 0.6 is 67.8 Å². The molecule has 1 aromatic rings. The summed E-state index contributed by atoms with van der Waals surface area (Å²) in [7, 11) is 0. The molecule has 0 aliphatic heterocycles. The average Bonchev–Trinajstić information content (AvgIpc) is 2.57. The molecule has 0 saturated carbocycles. The van der Waals surface area contributed by atoms with Gasteiger partial charge in [0.05, 0.1) is 36.5 Å². The number of amides is 3. The molecular formula is C16H20I3N3O7. The molecule has 3 amide bonds. The smallest absolute Gasteiger partial charge is 0.279 e. The van der Waals surface area contributed by atoms with Gasteiger partial charge in [0.2, 0.25) is 5.91 Å². The number of nitrogens with one attached hydrogen (secondary N) is 1. The van der Waals surface area contributed by atoms with Gasteiger partial charge in [0.1, 0.15) is 0 Å². The van der Waals surface area contributed by atoms with Crippen molar-refractivity contribution in [3.8, 4) is 0 Å². The monoisotopic (exact) mass is 747 g/mol. The number of hydrogen-bond acceptors (Lipinski definition) is 7. The van der Waals surface area contributed by atoms with E-state index in [2.05, 4.69) is 5.32 Å². The molecular weight excluding hydrogens is 727 g/mol. The van der Waals surface area contributed by atoms with Crippen LogP contribution in [0.3, 0.4) is 0 Å². The summed E-state index contributed by atoms with van der Waals surface area (Å²) in [5.74, 6) is -5.95. The van der Waals surface area contributed by atoms with Crippen molar-refractivity contribution in [3.05, 3.63) is 21.8 Å². The van der Waals surface area contributed by atoms with Crippen molar-refractivity contribution in [2.45, 2.75) is 19.8 Å². The molecule has 0 spiro atoms. The van der Waals surface area contributed by atoms with E-state index in [-0.39, 0.29) is 40.1 Å². The van der Waals surface area contributed by atoms with Crippen molar-refractivity contribution in [1.29, 1.82) is 0 Å². The highest BCUT2D eigenvalue weighted by Crippen LogP contribution is 2.37. The molecule has 13 heteroatoms. The molecule has 10 nitrogen and oxygen atoms in total. The molecule has 0 aliphatic carbocycles. The number of nitrogens with zero attached hydrogens (tertiary/aromatic N) is 1. The lowest BCUT2D eigenvalue weighted by Gasteiger charge is -2.27. The Balaban J connectivity index is 3.60. The van der Waals surface area contributed by atoms with Crippen LogP contribution in [-0.4, -0.2) is 63.8 Å². The Hall–Kier alpha value is -0.340. The van der Waals surface area contributed by atoms with Gasteiger partial charge >= 0.3 is 0 Å². The first-order valence-electron chi connectivity index (χ1n) is 8.10. The molecule has 0 radical (unpaired) electrons. The number of anilines is 1. The van der Waals surface area contributed by atoms with Crippen molar-refractivity contribution in [3.63, 3.8) is 0 Å². The van der Waals surface area contributed by atoms with Crippen LogP contribution in [0.1, 0.15) is 34.6 Å². The van der Waals surface area contributed by atoms with Crippen molar-refractivity contribution < 1.29 is 34.8 Å². The predicted molar refractivity (Wildman–Crippen MR) is 129 cm³/mol. The van der Waals surface area contributed by atoms with Gasteiger partial charge in [-0.25, -0.2) is 0 Å². The average molecular weight is 747 g/mol. The zero-order valence-electron chi connectivity index (χ0n) is 15.4. The van der Waals surface area contributed by atoms with Crippen LogP contribution in [0.15, 0.2) is 0 Å². The van der Waals surface area contributed by atoms with Crippen LogP contribution in [0.5, 0.6) is 0 Å². The van der Waals surface area contributed by atoms with E-state index in [0.717, 1.165) is 0 Å². The normalized spacial score (nSPS) is 12.4. The number of rotatable bonds is 8. The summed E-state index contributed by atoms with van der Waals surface area (Å²) in [4.78, 5) is 38.2. The van der Waals surface area contributed by atoms with Crippen LogP contribution < -0.4 is 16.0 Å². The number of aliphatic hydroxyl groups is 4. The Kier molecular flexibility index (Phi) is 9.94. The molecule has 0 fully saturated rings. The molecule has 0 saturated heterocycles. The summed E-state index contributed by atoms with van der Waals surface area (Å²) in [6, 6.07) is 0. The second kappa shape index (κ2) is 10.8. The maximum absolute atomic E-state index is 12.8. The fourth-order valence-corrected chi connectivity index (χ4v) is 7.07. The second-order valence-corrected chi connectivity index (χ2v) is 9.33. The predicted octanol–water partition coefficient (Wildman–Crippen LogP) is -0.0589. The molecule has 7 N–H and O–H groups in total. The minimum absolute atomic E-state index is 0.0461. The van der Waals surface area contributed by atoms with Gasteiger partial charge in [0.15, 0.2) is 0 Å². The lowest BCUT2D eigenvalue weighted by atomic mass is 10.1. The van der Waals surface area contributed by atoms with Gasteiger partial charge in [-0.2, -0.15) is 0 Å². The van der Waals surface area contributed by atoms with Crippen LogP contribution in [0.25, 0.3) is 0 Å². The Bertz CT molecular complexity index is 827. The highest BCUT2D eigenvalue weighted by atomic mass is 127. The van der Waals surface area contributed by atoms with Crippen LogP contribution in [0.4, 0.5) is 5.69 Å². The summed E-state index contributed by atoms with van der Waals surface area (Å²) in [5.41, 5.74) is 5.87. The van der Waals surface area contributed by atoms with E-state index < -0.39 is 29.6 Å². The number of benzene rings is 1. The van der Waals surface area contributed by atoms with E-state index in [9.17, 15) is 34.8 Å². The molecule has 1 atom stereocenters. The molecule has 162 valence electrons. The third-order valence-corrected chi connectivity index (χ3v) is 7.15. The Labute approximate surface area is 207 Å². The lowest BCUT2D eigenvalue weighted by molar-refractivity contribution is -0.337. The van der Waals surface area contributed by atoms with Crippen LogP contribution in [-0.2, 0) is 4.79 Å². The molecule has 1 rings (SSSR count). The highest BCUT2D eigenvalue weighted by Gasteiger charge is 2.32. The largest absolute Gasteiger partial charge is 0.395 e. The minimum atomic E-state index is -2.98. The van der Waals surface area contributed by atoms with Gasteiger partial charge in [0, 0.05) is 23.6 Å². The number of primary amides is 1. The van der Waals surface area contributed by atoms with E-state index in [4.69, 9.17) is 5.73 Å². The first-order valence-corrected chi connectivity index (χ1v) is 11.3. The summed E-state index contributed by atoms with van der Waals surface area (Å²) >= 11 is 5.53. The number of hydrogen-bond donors (Lipinski definition) is 6. The maximum atomic E-state index is 12.8. The van der Waals surface area contributed by atoms with E-state index in [1.54, 1.807) is 22.6 Å². The fourth-order valence-electron chi connectivity index (χ4n) is 2.30. The third kappa shape index (κ3) is 6.33. The number of carbonyl (C=O) groups excluding carboxylic acids is 3. The lowest BCUT2D eigenvalue weighted by Crippen LogP contribution is -2.43.